The van der Waals surface area contributed by atoms with Gasteiger partial charge in [-0.25, -0.2) is 0 Å². The number of nitrogens with zero attached hydrogens (tertiary/aromatic N) is 1. The number of rotatable bonds is 7. The molecule has 26 heavy (non-hydrogen) atoms. The molecule has 6 heteroatoms. The Bertz CT molecular complexity index is 604. The number of aliphatic hydroxyl groups excluding tert-OH is 1. The Morgan fingerprint density at radius 2 is 2.04 bits per heavy atom. The molecule has 0 heterocycles. The minimum atomic E-state index is -0.731. The molecule has 5 nitrogen and oxygen atoms in total. The average molecular weight is 380 g/mol. The minimum absolute atomic E-state index is 0.285. The van der Waals surface area contributed by atoms with Crippen LogP contribution in [0.4, 0.5) is 0 Å². The molecule has 1 aromatic rings. The molecule has 0 aliphatic heterocycles. The summed E-state index contributed by atoms with van der Waals surface area (Å²) in [4.78, 5) is 4.56. The zero-order chi connectivity index (χ0) is 18.9. The Hall–Kier alpha value is -1.40. The summed E-state index contributed by atoms with van der Waals surface area (Å²) in [5, 5.41) is 17.4. The summed E-state index contributed by atoms with van der Waals surface area (Å²) in [5.74, 6) is 1.46. The van der Waals surface area contributed by atoms with Gasteiger partial charge in [0.15, 0.2) is 5.96 Å². The maximum Gasteiger partial charge on any atom is 0.191 e. The Balaban J connectivity index is 1.95. The van der Waals surface area contributed by atoms with E-state index in [0.29, 0.717) is 12.6 Å². The number of aliphatic imine (C=N–C) groups is 1. The first kappa shape index (κ1) is 20.9. The van der Waals surface area contributed by atoms with Gasteiger partial charge in [-0.2, -0.15) is 0 Å². The lowest BCUT2D eigenvalue weighted by Crippen LogP contribution is -2.46. The largest absolute Gasteiger partial charge is 0.386 e. The van der Waals surface area contributed by atoms with Crippen molar-refractivity contribution in [3.05, 3.63) is 35.4 Å². The number of hydrogen-bond donors (Lipinski definition) is 3. The van der Waals surface area contributed by atoms with Crippen molar-refractivity contribution in [2.75, 3.05) is 18.8 Å². The van der Waals surface area contributed by atoms with Gasteiger partial charge in [-0.15, -0.1) is 0 Å². The fourth-order valence-electron chi connectivity index (χ4n) is 3.34. The number of guanidine groups is 1. The third-order valence-corrected chi connectivity index (χ3v) is 6.59. The third-order valence-electron chi connectivity index (χ3n) is 4.85. The Labute approximate surface area is 160 Å². The molecule has 2 rings (SSSR count). The van der Waals surface area contributed by atoms with Crippen LogP contribution in [0.1, 0.15) is 56.8 Å². The predicted molar refractivity (Wildman–Crippen MR) is 110 cm³/mol. The van der Waals surface area contributed by atoms with Crippen LogP contribution in [0.15, 0.2) is 29.3 Å². The van der Waals surface area contributed by atoms with Gasteiger partial charge in [0.25, 0.3) is 0 Å². The van der Waals surface area contributed by atoms with Crippen molar-refractivity contribution >= 4 is 16.8 Å². The lowest BCUT2D eigenvalue weighted by atomic mass is 9.95. The van der Waals surface area contributed by atoms with E-state index in [0.717, 1.165) is 49.5 Å². The van der Waals surface area contributed by atoms with Gasteiger partial charge in [-0.3, -0.25) is 9.20 Å². The molecule has 0 saturated heterocycles. The van der Waals surface area contributed by atoms with E-state index in [4.69, 9.17) is 0 Å². The van der Waals surface area contributed by atoms with Crippen molar-refractivity contribution in [2.24, 2.45) is 4.99 Å². The third kappa shape index (κ3) is 6.40. The molecule has 0 radical (unpaired) electrons. The monoisotopic (exact) mass is 379 g/mol. The van der Waals surface area contributed by atoms with E-state index >= 15 is 0 Å². The first-order valence-electron chi connectivity index (χ1n) is 9.70. The van der Waals surface area contributed by atoms with Gasteiger partial charge in [0.05, 0.1) is 12.6 Å². The van der Waals surface area contributed by atoms with Crippen LogP contribution in [0.2, 0.25) is 0 Å². The SMILES string of the molecule is CCNC(=NCC(O)c1ccc(C)cc1)NC1CCCC(S(=O)CC)C1. The van der Waals surface area contributed by atoms with Crippen LogP contribution in [0.5, 0.6) is 0 Å². The van der Waals surface area contributed by atoms with Crippen LogP contribution < -0.4 is 10.6 Å². The normalized spacial score (nSPS) is 23.3. The Kier molecular flexibility index (Phi) is 8.59. The standard InChI is InChI=1S/C20H33N3O2S/c1-4-21-20(22-14-19(24)16-11-9-15(3)10-12-16)23-17-7-6-8-18(13-17)26(25)5-2/h9-12,17-19,24H,4-8,13-14H2,1-3H3,(H2,21,22,23). The second-order valence-corrected chi connectivity index (χ2v) is 8.95. The zero-order valence-electron chi connectivity index (χ0n) is 16.2. The van der Waals surface area contributed by atoms with Gasteiger partial charge in [-0.05, 0) is 38.7 Å². The summed E-state index contributed by atoms with van der Waals surface area (Å²) in [5.41, 5.74) is 2.06. The van der Waals surface area contributed by atoms with Crippen molar-refractivity contribution in [3.63, 3.8) is 0 Å². The van der Waals surface area contributed by atoms with E-state index in [-0.39, 0.29) is 5.25 Å². The first-order valence-corrected chi connectivity index (χ1v) is 11.1. The van der Waals surface area contributed by atoms with Crippen LogP contribution in [0.3, 0.4) is 0 Å². The lowest BCUT2D eigenvalue weighted by molar-refractivity contribution is 0.187. The van der Waals surface area contributed by atoms with Crippen LogP contribution in [0, 0.1) is 6.92 Å². The number of nitrogens with one attached hydrogen (secondary N) is 2. The number of aliphatic hydroxyl groups is 1. The molecule has 4 atom stereocenters. The highest BCUT2D eigenvalue weighted by Crippen LogP contribution is 2.23. The molecule has 1 aliphatic carbocycles. The number of aryl methyl sites for hydroxylation is 1. The molecule has 4 unspecified atom stereocenters. The second-order valence-electron chi connectivity index (χ2n) is 6.95. The van der Waals surface area contributed by atoms with Gasteiger partial charge in [0.2, 0.25) is 0 Å². The van der Waals surface area contributed by atoms with E-state index < -0.39 is 16.9 Å². The fourth-order valence-corrected chi connectivity index (χ4v) is 4.68. The highest BCUT2D eigenvalue weighted by molar-refractivity contribution is 7.85. The molecule has 0 amide bonds. The first-order chi connectivity index (χ1) is 12.5. The highest BCUT2D eigenvalue weighted by atomic mass is 32.2. The van der Waals surface area contributed by atoms with E-state index in [2.05, 4.69) is 15.6 Å². The molecule has 0 bridgehead atoms. The molecule has 146 valence electrons. The van der Waals surface area contributed by atoms with Crippen LogP contribution in [0.25, 0.3) is 0 Å². The summed E-state index contributed by atoms with van der Waals surface area (Å²) >= 11 is 0. The summed E-state index contributed by atoms with van der Waals surface area (Å²) in [7, 11) is -0.731. The van der Waals surface area contributed by atoms with E-state index in [1.54, 1.807) is 0 Å². The summed E-state index contributed by atoms with van der Waals surface area (Å²) in [6.45, 7) is 7.14. The van der Waals surface area contributed by atoms with Gasteiger partial charge in [0, 0.05) is 34.4 Å². The molecule has 0 spiro atoms. The van der Waals surface area contributed by atoms with Crippen LogP contribution in [-0.2, 0) is 10.8 Å². The lowest BCUT2D eigenvalue weighted by Gasteiger charge is -2.30. The van der Waals surface area contributed by atoms with Crippen molar-refractivity contribution in [3.8, 4) is 0 Å². The molecular weight excluding hydrogens is 346 g/mol. The number of hydrogen-bond acceptors (Lipinski definition) is 3. The van der Waals surface area contributed by atoms with Gasteiger partial charge >= 0.3 is 0 Å². The maximum atomic E-state index is 12.1. The van der Waals surface area contributed by atoms with Crippen LogP contribution in [-0.4, -0.2) is 45.4 Å². The molecule has 3 N–H and O–H groups in total. The molecule has 1 aliphatic rings. The van der Waals surface area contributed by atoms with Gasteiger partial charge < -0.3 is 15.7 Å². The van der Waals surface area contributed by atoms with Crippen molar-refractivity contribution in [2.45, 2.75) is 63.9 Å². The van der Waals surface area contributed by atoms with Crippen molar-refractivity contribution in [1.82, 2.24) is 10.6 Å². The van der Waals surface area contributed by atoms with E-state index in [1.807, 2.05) is 45.0 Å². The number of benzene rings is 1. The molecule has 1 aromatic carbocycles. The Morgan fingerprint density at radius 1 is 1.31 bits per heavy atom. The molecular formula is C20H33N3O2S. The molecule has 1 saturated carbocycles. The molecule has 1 fully saturated rings. The van der Waals surface area contributed by atoms with Crippen molar-refractivity contribution < 1.29 is 9.32 Å². The molecule has 0 aromatic heterocycles. The summed E-state index contributed by atoms with van der Waals surface area (Å²) in [6.07, 6.45) is 3.53. The van der Waals surface area contributed by atoms with Crippen LogP contribution >= 0.6 is 0 Å². The topological polar surface area (TPSA) is 73.7 Å². The highest BCUT2D eigenvalue weighted by Gasteiger charge is 2.26. The van der Waals surface area contributed by atoms with Gasteiger partial charge in [0.1, 0.15) is 0 Å². The Morgan fingerprint density at radius 3 is 2.69 bits per heavy atom. The zero-order valence-corrected chi connectivity index (χ0v) is 17.0. The predicted octanol–water partition coefficient (Wildman–Crippen LogP) is 2.66. The minimum Gasteiger partial charge on any atom is -0.386 e. The summed E-state index contributed by atoms with van der Waals surface area (Å²) < 4.78 is 12.1. The van der Waals surface area contributed by atoms with E-state index in [1.165, 1.54) is 5.56 Å². The maximum absolute atomic E-state index is 12.1. The average Bonchev–Trinajstić information content (AvgIpc) is 2.66. The second kappa shape index (κ2) is 10.7. The smallest absolute Gasteiger partial charge is 0.191 e. The fraction of sp³-hybridized carbons (Fsp3) is 0.650. The summed E-state index contributed by atoms with van der Waals surface area (Å²) in [6, 6.07) is 8.19. The van der Waals surface area contributed by atoms with Gasteiger partial charge in [-0.1, -0.05) is 43.2 Å². The quantitative estimate of drug-likeness (QED) is 0.503. The van der Waals surface area contributed by atoms with Crippen molar-refractivity contribution in [1.29, 1.82) is 0 Å². The van der Waals surface area contributed by atoms with E-state index in [9.17, 15) is 9.32 Å².